The standard InChI is InChI=1S/C2H5IN5O2/c4-3-7-1(9)6-8(5)2(7)10/h4-5H2,(H,6,9)/q-1. The summed E-state index contributed by atoms with van der Waals surface area (Å²) in [4.78, 5) is 22.0. The van der Waals surface area contributed by atoms with Gasteiger partial charge >= 0.3 is 65.2 Å². The number of nitrogens with two attached hydrogens (primary N) is 2. The molecule has 1 aromatic rings. The van der Waals surface area contributed by atoms with Crippen LogP contribution in [0.1, 0.15) is 0 Å². The Morgan fingerprint density at radius 2 is 2.10 bits per heavy atom. The van der Waals surface area contributed by atoms with Crippen LogP contribution in [-0.4, -0.2) is 12.7 Å². The number of H-pyrrole nitrogens is 1. The fraction of sp³-hybridized carbons (Fsp3) is 0. The molecule has 1 rings (SSSR count). The van der Waals surface area contributed by atoms with Crippen molar-refractivity contribution in [3.05, 3.63) is 21.0 Å². The van der Waals surface area contributed by atoms with Gasteiger partial charge in [-0.3, -0.25) is 0 Å². The zero-order valence-electron chi connectivity index (χ0n) is 4.74. The fourth-order valence-corrected chi connectivity index (χ4v) is 1.29. The van der Waals surface area contributed by atoms with Gasteiger partial charge in [-0.25, -0.2) is 0 Å². The Labute approximate surface area is 65.5 Å². The van der Waals surface area contributed by atoms with Crippen LogP contribution in [-0.2, 0) is 0 Å². The van der Waals surface area contributed by atoms with Gasteiger partial charge in [-0.15, -0.1) is 0 Å². The van der Waals surface area contributed by atoms with Crippen LogP contribution in [0.3, 0.4) is 0 Å². The fourth-order valence-electron chi connectivity index (χ4n) is 0.462. The topological polar surface area (TPSA) is 112 Å². The molecule has 0 spiro atoms. The van der Waals surface area contributed by atoms with Crippen LogP contribution < -0.4 is 42.9 Å². The van der Waals surface area contributed by atoms with Gasteiger partial charge in [0.05, 0.1) is 0 Å². The molecule has 0 aliphatic carbocycles. The third-order valence-electron chi connectivity index (χ3n) is 0.866. The Morgan fingerprint density at radius 1 is 1.50 bits per heavy atom. The predicted molar refractivity (Wildman–Crippen MR) is 29.0 cm³/mol. The number of nitrogen functional groups attached to an aromatic ring is 1. The molecule has 1 aromatic heterocycles. The van der Waals surface area contributed by atoms with Crippen LogP contribution in [0.2, 0.25) is 0 Å². The summed E-state index contributed by atoms with van der Waals surface area (Å²) in [5, 5.41) is 2.06. The van der Waals surface area contributed by atoms with Gasteiger partial charge in [0.1, 0.15) is 0 Å². The number of hydrogen-bond donors (Lipinski definition) is 3. The van der Waals surface area contributed by atoms with Crippen LogP contribution in [0, 0.1) is 0 Å². The summed E-state index contributed by atoms with van der Waals surface area (Å²) in [6.07, 6.45) is 0. The van der Waals surface area contributed by atoms with Crippen molar-refractivity contribution in [2.45, 2.75) is 0 Å². The molecule has 8 heteroatoms. The molecule has 0 bridgehead atoms. The van der Waals surface area contributed by atoms with E-state index in [-0.39, 0.29) is 0 Å². The molecule has 7 nitrogen and oxygen atoms in total. The number of nitrogens with zero attached hydrogens (tertiary/aromatic N) is 2. The summed E-state index contributed by atoms with van der Waals surface area (Å²) >= 11 is -1.05. The maximum absolute atomic E-state index is 10.7. The van der Waals surface area contributed by atoms with E-state index in [4.69, 9.17) is 9.79 Å². The molecule has 0 aliphatic heterocycles. The van der Waals surface area contributed by atoms with Gasteiger partial charge in [0.25, 0.3) is 0 Å². The summed E-state index contributed by atoms with van der Waals surface area (Å²) in [5.74, 6) is 5.01. The van der Waals surface area contributed by atoms with E-state index in [9.17, 15) is 9.59 Å². The molecule has 0 fully saturated rings. The summed E-state index contributed by atoms with van der Waals surface area (Å²) < 4.78 is 6.04. The number of rotatable bonds is 1. The van der Waals surface area contributed by atoms with Gasteiger partial charge in [-0.05, 0) is 0 Å². The van der Waals surface area contributed by atoms with Gasteiger partial charge in [0.15, 0.2) is 0 Å². The first kappa shape index (κ1) is 7.34. The summed E-state index contributed by atoms with van der Waals surface area (Å²) in [6, 6.07) is 0. The molecule has 1 heterocycles. The van der Waals surface area contributed by atoms with Crippen molar-refractivity contribution in [3.8, 4) is 0 Å². The molecule has 0 radical (unpaired) electrons. The van der Waals surface area contributed by atoms with Gasteiger partial charge in [0.2, 0.25) is 0 Å². The van der Waals surface area contributed by atoms with E-state index in [2.05, 4.69) is 5.10 Å². The molecule has 5 N–H and O–H groups in total. The molecule has 0 aromatic carbocycles. The Balaban J connectivity index is 3.49. The van der Waals surface area contributed by atoms with Crippen molar-refractivity contribution in [2.75, 3.05) is 5.84 Å². The van der Waals surface area contributed by atoms with Crippen molar-refractivity contribution in [1.29, 1.82) is 0 Å². The SMILES string of the molecule is N[I-]n1c(=O)[nH]n(N)c1=O. The number of hydrogen-bond acceptors (Lipinski definition) is 4. The monoisotopic (exact) mass is 258 g/mol. The normalized spacial score (nSPS) is 10.5. The Kier molecular flexibility index (Phi) is 1.80. The van der Waals surface area contributed by atoms with E-state index in [1.54, 1.807) is 0 Å². The van der Waals surface area contributed by atoms with Gasteiger partial charge in [-0.2, -0.15) is 0 Å². The average Bonchev–Trinajstić information content (AvgIpc) is 2.09. The van der Waals surface area contributed by atoms with Crippen molar-refractivity contribution in [1.82, 2.24) is 12.7 Å². The van der Waals surface area contributed by atoms with Crippen LogP contribution in [0.5, 0.6) is 0 Å². The number of aromatic amines is 1. The summed E-state index contributed by atoms with van der Waals surface area (Å²) in [7, 11) is 0. The summed E-state index contributed by atoms with van der Waals surface area (Å²) in [5.41, 5.74) is -1.15. The minimum absolute atomic E-state index is 0.553. The van der Waals surface area contributed by atoms with E-state index in [0.29, 0.717) is 4.79 Å². The predicted octanol–water partition coefficient (Wildman–Crippen LogP) is -6.22. The maximum atomic E-state index is 10.7. The third kappa shape index (κ3) is 0.945. The number of nitrogens with one attached hydrogen (secondary N) is 1. The summed E-state index contributed by atoms with van der Waals surface area (Å²) in [6.45, 7) is 0. The second kappa shape index (κ2) is 2.46. The molecule has 0 aliphatic rings. The van der Waals surface area contributed by atoms with Gasteiger partial charge in [-0.1, -0.05) is 0 Å². The third-order valence-corrected chi connectivity index (χ3v) is 2.27. The Bertz CT molecular complexity index is 332. The van der Waals surface area contributed by atoms with Gasteiger partial charge < -0.3 is 0 Å². The van der Waals surface area contributed by atoms with E-state index in [1.165, 1.54) is 0 Å². The van der Waals surface area contributed by atoms with Crippen molar-refractivity contribution in [2.24, 2.45) is 3.95 Å². The second-order valence-electron chi connectivity index (χ2n) is 1.45. The van der Waals surface area contributed by atoms with Crippen molar-refractivity contribution >= 4 is 0 Å². The zero-order chi connectivity index (χ0) is 7.72. The van der Waals surface area contributed by atoms with Crippen LogP contribution >= 0.6 is 0 Å². The van der Waals surface area contributed by atoms with E-state index in [0.717, 1.165) is 2.78 Å². The molecule has 0 amide bonds. The molecule has 58 valence electrons. The van der Waals surface area contributed by atoms with E-state index in [1.807, 2.05) is 0 Å². The Hall–Kier alpha value is -0.770. The first-order chi connectivity index (χ1) is 4.66. The molecule has 0 saturated heterocycles. The van der Waals surface area contributed by atoms with E-state index < -0.39 is 33.1 Å². The second-order valence-corrected chi connectivity index (χ2v) is 2.97. The van der Waals surface area contributed by atoms with Crippen molar-refractivity contribution < 1.29 is 21.8 Å². The number of aromatic nitrogens is 3. The number of halogens is 1. The van der Waals surface area contributed by atoms with Crippen LogP contribution in [0.4, 0.5) is 0 Å². The molecule has 0 saturated carbocycles. The first-order valence-electron chi connectivity index (χ1n) is 2.20. The molecule has 0 atom stereocenters. The van der Waals surface area contributed by atoms with Crippen LogP contribution in [0.25, 0.3) is 0 Å². The Morgan fingerprint density at radius 3 is 2.30 bits per heavy atom. The minimum atomic E-state index is -1.05. The van der Waals surface area contributed by atoms with Crippen molar-refractivity contribution in [3.63, 3.8) is 0 Å². The molecule has 0 unspecified atom stereocenters. The van der Waals surface area contributed by atoms with Crippen LogP contribution in [0.15, 0.2) is 9.59 Å². The molecular formula is C2H5IN5O2-. The van der Waals surface area contributed by atoms with E-state index >= 15 is 0 Å². The average molecular weight is 258 g/mol. The molecular weight excluding hydrogens is 253 g/mol. The van der Waals surface area contributed by atoms with Gasteiger partial charge in [0, 0.05) is 0 Å². The molecule has 10 heavy (non-hydrogen) atoms. The quantitative estimate of drug-likeness (QED) is 0.264. The zero-order valence-corrected chi connectivity index (χ0v) is 6.90. The first-order valence-corrected chi connectivity index (χ1v) is 4.41.